The number of likely N-dealkylation sites (tertiary alicyclic amines) is 1. The number of benzene rings is 1. The first-order valence-corrected chi connectivity index (χ1v) is 7.09. The molecule has 0 radical (unpaired) electrons. The third-order valence-corrected chi connectivity index (χ3v) is 3.68. The molecule has 2 heterocycles. The van der Waals surface area contributed by atoms with E-state index in [1.54, 1.807) is 29.2 Å². The minimum atomic E-state index is -0.931. The standard InChI is InChI=1S/C15H17FN2O3/c16-11-2-1-7-18(8-11)15(20)10-3-5-12(6-4-10)17-14(19)13-9-21-13/h3-6,11,13H,1-2,7-9H2,(H,17,19). The number of hydrogen-bond acceptors (Lipinski definition) is 3. The smallest absolute Gasteiger partial charge is 0.255 e. The molecule has 5 nitrogen and oxygen atoms in total. The molecule has 1 aromatic rings. The summed E-state index contributed by atoms with van der Waals surface area (Å²) in [7, 11) is 0. The SMILES string of the molecule is O=C(Nc1ccc(C(=O)N2CCCC(F)C2)cc1)C1CO1. The number of carbonyl (C=O) groups is 2. The first-order chi connectivity index (χ1) is 10.1. The number of nitrogens with one attached hydrogen (secondary N) is 1. The summed E-state index contributed by atoms with van der Waals surface area (Å²) in [5.41, 5.74) is 1.12. The zero-order valence-corrected chi connectivity index (χ0v) is 11.5. The molecular formula is C15H17FN2O3. The Bertz CT molecular complexity index is 542. The van der Waals surface area contributed by atoms with Crippen LogP contribution < -0.4 is 5.32 Å². The minimum Gasteiger partial charge on any atom is -0.363 e. The lowest BCUT2D eigenvalue weighted by Crippen LogP contribution is -2.40. The summed E-state index contributed by atoms with van der Waals surface area (Å²) in [5.74, 6) is -0.342. The van der Waals surface area contributed by atoms with Gasteiger partial charge in [-0.15, -0.1) is 0 Å². The van der Waals surface area contributed by atoms with E-state index in [4.69, 9.17) is 4.74 Å². The molecular weight excluding hydrogens is 275 g/mol. The van der Waals surface area contributed by atoms with Crippen LogP contribution in [0.2, 0.25) is 0 Å². The van der Waals surface area contributed by atoms with Gasteiger partial charge in [0.15, 0.2) is 6.10 Å². The van der Waals surface area contributed by atoms with Gasteiger partial charge in [-0.25, -0.2) is 4.39 Å². The number of anilines is 1. The molecule has 0 saturated carbocycles. The average Bonchev–Trinajstić information content (AvgIpc) is 3.32. The van der Waals surface area contributed by atoms with Gasteiger partial charge >= 0.3 is 0 Å². The second-order valence-corrected chi connectivity index (χ2v) is 5.38. The Morgan fingerprint density at radius 2 is 2.00 bits per heavy atom. The fourth-order valence-corrected chi connectivity index (χ4v) is 2.41. The van der Waals surface area contributed by atoms with Crippen LogP contribution in [0.25, 0.3) is 0 Å². The molecule has 2 atom stereocenters. The fraction of sp³-hybridized carbons (Fsp3) is 0.467. The van der Waals surface area contributed by atoms with Gasteiger partial charge in [-0.2, -0.15) is 0 Å². The summed E-state index contributed by atoms with van der Waals surface area (Å²) >= 11 is 0. The predicted octanol–water partition coefficient (Wildman–Crippen LogP) is 1.60. The van der Waals surface area contributed by atoms with Gasteiger partial charge in [0.2, 0.25) is 0 Å². The van der Waals surface area contributed by atoms with Crippen molar-refractivity contribution in [3.63, 3.8) is 0 Å². The van der Waals surface area contributed by atoms with Gasteiger partial charge in [-0.1, -0.05) is 0 Å². The summed E-state index contributed by atoms with van der Waals surface area (Å²) in [5, 5.41) is 2.71. The van der Waals surface area contributed by atoms with E-state index in [1.165, 1.54) is 0 Å². The molecule has 2 unspecified atom stereocenters. The molecule has 21 heavy (non-hydrogen) atoms. The van der Waals surface area contributed by atoms with E-state index in [0.29, 0.717) is 37.2 Å². The Morgan fingerprint density at radius 1 is 1.29 bits per heavy atom. The summed E-state index contributed by atoms with van der Waals surface area (Å²) in [4.78, 5) is 25.3. The highest BCUT2D eigenvalue weighted by atomic mass is 19.1. The van der Waals surface area contributed by atoms with E-state index in [2.05, 4.69) is 5.32 Å². The van der Waals surface area contributed by atoms with Crippen LogP contribution in [0.5, 0.6) is 0 Å². The lowest BCUT2D eigenvalue weighted by Gasteiger charge is -2.29. The van der Waals surface area contributed by atoms with Crippen LogP contribution in [-0.2, 0) is 9.53 Å². The molecule has 2 amide bonds. The van der Waals surface area contributed by atoms with E-state index in [-0.39, 0.29) is 24.5 Å². The van der Waals surface area contributed by atoms with E-state index in [1.807, 2.05) is 0 Å². The summed E-state index contributed by atoms with van der Waals surface area (Å²) in [6.07, 6.45) is -0.0543. The zero-order valence-electron chi connectivity index (χ0n) is 11.5. The monoisotopic (exact) mass is 292 g/mol. The van der Waals surface area contributed by atoms with E-state index < -0.39 is 6.17 Å². The maximum atomic E-state index is 13.3. The molecule has 0 aromatic heterocycles. The molecule has 6 heteroatoms. The van der Waals surface area contributed by atoms with Crippen molar-refractivity contribution in [1.29, 1.82) is 0 Å². The molecule has 2 aliphatic heterocycles. The third-order valence-electron chi connectivity index (χ3n) is 3.68. The van der Waals surface area contributed by atoms with Gasteiger partial charge in [0.25, 0.3) is 11.8 Å². The van der Waals surface area contributed by atoms with E-state index in [0.717, 1.165) is 0 Å². The lowest BCUT2D eigenvalue weighted by molar-refractivity contribution is -0.117. The van der Waals surface area contributed by atoms with Crippen LogP contribution >= 0.6 is 0 Å². The third kappa shape index (κ3) is 3.39. The Balaban J connectivity index is 1.62. The Kier molecular flexibility index (Phi) is 3.88. The summed E-state index contributed by atoms with van der Waals surface area (Å²) in [6, 6.07) is 6.63. The molecule has 0 spiro atoms. The molecule has 2 aliphatic rings. The molecule has 112 valence electrons. The van der Waals surface area contributed by atoms with Crippen LogP contribution in [0.1, 0.15) is 23.2 Å². The lowest BCUT2D eigenvalue weighted by atomic mass is 10.1. The second-order valence-electron chi connectivity index (χ2n) is 5.38. The first-order valence-electron chi connectivity index (χ1n) is 7.09. The molecule has 2 saturated heterocycles. The quantitative estimate of drug-likeness (QED) is 0.861. The van der Waals surface area contributed by atoms with Crippen molar-refractivity contribution < 1.29 is 18.7 Å². The number of nitrogens with zero attached hydrogens (tertiary/aromatic N) is 1. The number of carbonyl (C=O) groups excluding carboxylic acids is 2. The van der Waals surface area contributed by atoms with Crippen molar-refractivity contribution in [2.45, 2.75) is 25.1 Å². The van der Waals surface area contributed by atoms with Crippen molar-refractivity contribution in [2.75, 3.05) is 25.0 Å². The van der Waals surface area contributed by atoms with E-state index in [9.17, 15) is 14.0 Å². The van der Waals surface area contributed by atoms with Crippen molar-refractivity contribution in [3.05, 3.63) is 29.8 Å². The number of alkyl halides is 1. The number of hydrogen-bond donors (Lipinski definition) is 1. The number of epoxide rings is 1. The largest absolute Gasteiger partial charge is 0.363 e. The summed E-state index contributed by atoms with van der Waals surface area (Å²) in [6.45, 7) is 1.22. The number of amides is 2. The van der Waals surface area contributed by atoms with Gasteiger partial charge in [0, 0.05) is 17.8 Å². The normalized spacial score (nSPS) is 24.5. The number of piperidine rings is 1. The van der Waals surface area contributed by atoms with Gasteiger partial charge in [0.1, 0.15) is 6.17 Å². The number of ether oxygens (including phenoxy) is 1. The molecule has 3 rings (SSSR count). The van der Waals surface area contributed by atoms with Crippen LogP contribution in [-0.4, -0.2) is 48.7 Å². The molecule has 0 aliphatic carbocycles. The number of halogens is 1. The maximum absolute atomic E-state index is 13.3. The van der Waals surface area contributed by atoms with Gasteiger partial charge in [-0.05, 0) is 37.1 Å². The van der Waals surface area contributed by atoms with Crippen molar-refractivity contribution in [1.82, 2.24) is 4.90 Å². The van der Waals surface area contributed by atoms with Crippen LogP contribution in [0.4, 0.5) is 10.1 Å². The molecule has 0 bridgehead atoms. The number of rotatable bonds is 3. The first kappa shape index (κ1) is 14.0. The van der Waals surface area contributed by atoms with Crippen LogP contribution in [0.15, 0.2) is 24.3 Å². The average molecular weight is 292 g/mol. The van der Waals surface area contributed by atoms with Gasteiger partial charge in [0.05, 0.1) is 13.2 Å². The molecule has 2 fully saturated rings. The van der Waals surface area contributed by atoms with Gasteiger partial charge < -0.3 is 15.0 Å². The van der Waals surface area contributed by atoms with Crippen LogP contribution in [0, 0.1) is 0 Å². The predicted molar refractivity (Wildman–Crippen MR) is 74.8 cm³/mol. The highest BCUT2D eigenvalue weighted by Gasteiger charge is 2.31. The fourth-order valence-electron chi connectivity index (χ4n) is 2.41. The van der Waals surface area contributed by atoms with Crippen LogP contribution in [0.3, 0.4) is 0 Å². The second kappa shape index (κ2) is 5.81. The van der Waals surface area contributed by atoms with Crippen molar-refractivity contribution >= 4 is 17.5 Å². The van der Waals surface area contributed by atoms with Crippen molar-refractivity contribution in [3.8, 4) is 0 Å². The zero-order chi connectivity index (χ0) is 14.8. The highest BCUT2D eigenvalue weighted by Crippen LogP contribution is 2.18. The van der Waals surface area contributed by atoms with Gasteiger partial charge in [-0.3, -0.25) is 9.59 Å². The Hall–Kier alpha value is -1.95. The Labute approximate surface area is 122 Å². The topological polar surface area (TPSA) is 61.9 Å². The van der Waals surface area contributed by atoms with E-state index >= 15 is 0 Å². The molecule has 1 N–H and O–H groups in total. The highest BCUT2D eigenvalue weighted by molar-refractivity contribution is 5.97. The Morgan fingerprint density at radius 3 is 2.62 bits per heavy atom. The van der Waals surface area contributed by atoms with Crippen molar-refractivity contribution in [2.24, 2.45) is 0 Å². The summed E-state index contributed by atoms with van der Waals surface area (Å²) < 4.78 is 18.2. The molecule has 1 aromatic carbocycles. The minimum absolute atomic E-state index is 0.163. The maximum Gasteiger partial charge on any atom is 0.255 e.